The molecule has 1 saturated heterocycles. The second-order valence-corrected chi connectivity index (χ2v) is 9.99. The van der Waals surface area contributed by atoms with Crippen molar-refractivity contribution in [1.29, 1.82) is 0 Å². The van der Waals surface area contributed by atoms with Crippen LogP contribution in [0.3, 0.4) is 0 Å². The van der Waals surface area contributed by atoms with Crippen molar-refractivity contribution < 1.29 is 4.74 Å². The number of pyridine rings is 1. The zero-order valence-electron chi connectivity index (χ0n) is 21.3. The number of nitrogens with two attached hydrogens (primary N) is 1. The molecule has 0 bridgehead atoms. The Labute approximate surface area is 214 Å². The summed E-state index contributed by atoms with van der Waals surface area (Å²) in [4.78, 5) is 16.2. The van der Waals surface area contributed by atoms with Gasteiger partial charge in [-0.1, -0.05) is 18.2 Å². The summed E-state index contributed by atoms with van der Waals surface area (Å²) in [6.07, 6.45) is 7.09. The van der Waals surface area contributed by atoms with E-state index in [0.29, 0.717) is 41.0 Å². The predicted octanol–water partition coefficient (Wildman–Crippen LogP) is 3.96. The van der Waals surface area contributed by atoms with Gasteiger partial charge in [0.05, 0.1) is 23.8 Å². The molecule has 10 heteroatoms. The van der Waals surface area contributed by atoms with Crippen LogP contribution >= 0.6 is 0 Å². The predicted molar refractivity (Wildman–Crippen MR) is 143 cm³/mol. The summed E-state index contributed by atoms with van der Waals surface area (Å²) in [6.45, 7) is 9.09. The smallest absolute Gasteiger partial charge is 0.222 e. The summed E-state index contributed by atoms with van der Waals surface area (Å²) in [5, 5.41) is 14.6. The molecule has 190 valence electrons. The van der Waals surface area contributed by atoms with E-state index in [1.165, 1.54) is 6.33 Å². The molecule has 0 atom stereocenters. The number of H-pyrrole nitrogens is 1. The number of nitrogen functional groups attached to an aromatic ring is 1. The first kappa shape index (κ1) is 23.4. The van der Waals surface area contributed by atoms with Gasteiger partial charge in [-0.3, -0.25) is 5.10 Å². The third-order valence-electron chi connectivity index (χ3n) is 7.21. The molecule has 3 N–H and O–H groups in total. The Morgan fingerprint density at radius 2 is 2.00 bits per heavy atom. The molecule has 0 unspecified atom stereocenters. The van der Waals surface area contributed by atoms with Crippen molar-refractivity contribution in [2.24, 2.45) is 0 Å². The topological polar surface area (TPSA) is 124 Å². The van der Waals surface area contributed by atoms with E-state index in [-0.39, 0.29) is 6.10 Å². The van der Waals surface area contributed by atoms with Gasteiger partial charge >= 0.3 is 0 Å². The Balaban J connectivity index is 1.38. The maximum absolute atomic E-state index is 6.60. The van der Waals surface area contributed by atoms with Crippen molar-refractivity contribution in [3.05, 3.63) is 54.2 Å². The molecule has 6 rings (SSSR count). The third kappa shape index (κ3) is 4.37. The van der Waals surface area contributed by atoms with E-state index in [1.807, 2.05) is 4.68 Å². The lowest BCUT2D eigenvalue weighted by Gasteiger charge is -2.34. The Morgan fingerprint density at radius 1 is 1.16 bits per heavy atom. The number of ether oxygens (including phenoxy) is 1. The maximum atomic E-state index is 6.60. The fourth-order valence-electron chi connectivity index (χ4n) is 5.21. The maximum Gasteiger partial charge on any atom is 0.222 e. The average molecular weight is 498 g/mol. The van der Waals surface area contributed by atoms with E-state index in [4.69, 9.17) is 20.6 Å². The lowest BCUT2D eigenvalue weighted by molar-refractivity contribution is 0.0822. The summed E-state index contributed by atoms with van der Waals surface area (Å²) in [7, 11) is 0. The summed E-state index contributed by atoms with van der Waals surface area (Å²) in [5.41, 5.74) is 10.4. The molecule has 1 aliphatic heterocycles. The molecule has 5 heterocycles. The molecule has 5 aromatic rings. The van der Waals surface area contributed by atoms with Gasteiger partial charge in [-0.05, 0) is 50.6 Å². The standard InChI is InChI=1S/C27H31N9O/c1-16(2)35-9-7-21(8-10-35)37-27-22-17(3)5-4-6-18(22)11-20(33-27)14-36-26-23(25(28)29-15-30-26)24(34-36)19-12-31-32-13-19/h4-6,11-13,15-16,21H,7-10,14H2,1-3H3,(H,31,32)(H2,28,29,30). The molecule has 4 aromatic heterocycles. The average Bonchev–Trinajstić information content (AvgIpc) is 3.54. The number of benzene rings is 1. The fourth-order valence-corrected chi connectivity index (χ4v) is 5.21. The molecule has 1 aromatic carbocycles. The Bertz CT molecular complexity index is 1550. The lowest BCUT2D eigenvalue weighted by Crippen LogP contribution is -2.41. The van der Waals surface area contributed by atoms with E-state index in [9.17, 15) is 0 Å². The van der Waals surface area contributed by atoms with E-state index in [1.54, 1.807) is 12.4 Å². The van der Waals surface area contributed by atoms with Crippen molar-refractivity contribution in [1.82, 2.24) is 39.8 Å². The molecule has 10 nitrogen and oxygen atoms in total. The largest absolute Gasteiger partial charge is 0.474 e. The number of rotatable bonds is 6. The Morgan fingerprint density at radius 3 is 2.76 bits per heavy atom. The van der Waals surface area contributed by atoms with Gasteiger partial charge in [0, 0.05) is 36.3 Å². The monoisotopic (exact) mass is 497 g/mol. The number of fused-ring (bicyclic) bond motifs is 2. The number of aryl methyl sites for hydroxylation is 1. The molecular weight excluding hydrogens is 466 g/mol. The Kier molecular flexibility index (Phi) is 5.96. The van der Waals surface area contributed by atoms with Crippen LogP contribution in [0.1, 0.15) is 37.9 Å². The van der Waals surface area contributed by atoms with Gasteiger partial charge < -0.3 is 15.4 Å². The van der Waals surface area contributed by atoms with E-state index < -0.39 is 0 Å². The highest BCUT2D eigenvalue weighted by molar-refractivity contribution is 5.98. The second kappa shape index (κ2) is 9.44. The van der Waals surface area contributed by atoms with Crippen LogP contribution < -0.4 is 10.5 Å². The number of aromatic nitrogens is 7. The first-order valence-electron chi connectivity index (χ1n) is 12.7. The molecule has 0 amide bonds. The van der Waals surface area contributed by atoms with Crippen molar-refractivity contribution in [3.8, 4) is 17.1 Å². The zero-order chi connectivity index (χ0) is 25.5. The zero-order valence-corrected chi connectivity index (χ0v) is 21.3. The van der Waals surface area contributed by atoms with Crippen LogP contribution in [0.15, 0.2) is 43.0 Å². The Hall–Kier alpha value is -4.05. The van der Waals surface area contributed by atoms with Crippen LogP contribution in [-0.2, 0) is 6.54 Å². The van der Waals surface area contributed by atoms with Gasteiger partial charge in [0.1, 0.15) is 23.9 Å². The van der Waals surface area contributed by atoms with E-state index in [2.05, 4.69) is 70.1 Å². The molecule has 0 radical (unpaired) electrons. The molecule has 37 heavy (non-hydrogen) atoms. The first-order chi connectivity index (χ1) is 18.0. The summed E-state index contributed by atoms with van der Waals surface area (Å²) < 4.78 is 8.43. The van der Waals surface area contributed by atoms with Gasteiger partial charge in [0.25, 0.3) is 0 Å². The minimum absolute atomic E-state index is 0.145. The normalized spacial score (nSPS) is 15.2. The molecule has 0 aliphatic carbocycles. The number of hydrogen-bond acceptors (Lipinski definition) is 8. The van der Waals surface area contributed by atoms with Crippen LogP contribution in [-0.4, -0.2) is 65.1 Å². The van der Waals surface area contributed by atoms with Gasteiger partial charge in [-0.15, -0.1) is 0 Å². The van der Waals surface area contributed by atoms with Crippen LogP contribution in [0.2, 0.25) is 0 Å². The molecule has 0 spiro atoms. The van der Waals surface area contributed by atoms with E-state index in [0.717, 1.165) is 53.5 Å². The molecular formula is C27H31N9O. The number of anilines is 1. The van der Waals surface area contributed by atoms with Crippen LogP contribution in [0.4, 0.5) is 5.82 Å². The second-order valence-electron chi connectivity index (χ2n) is 9.99. The van der Waals surface area contributed by atoms with Crippen LogP contribution in [0, 0.1) is 6.92 Å². The van der Waals surface area contributed by atoms with Crippen molar-refractivity contribution in [2.75, 3.05) is 18.8 Å². The van der Waals surface area contributed by atoms with Gasteiger partial charge in [0.2, 0.25) is 5.88 Å². The highest BCUT2D eigenvalue weighted by Gasteiger charge is 2.24. The number of aromatic amines is 1. The third-order valence-corrected chi connectivity index (χ3v) is 7.21. The molecule has 1 fully saturated rings. The number of nitrogens with zero attached hydrogens (tertiary/aromatic N) is 7. The number of nitrogens with one attached hydrogen (secondary N) is 1. The lowest BCUT2D eigenvalue weighted by atomic mass is 10.0. The first-order valence-corrected chi connectivity index (χ1v) is 12.7. The van der Waals surface area contributed by atoms with Crippen molar-refractivity contribution in [2.45, 2.75) is 52.3 Å². The van der Waals surface area contributed by atoms with E-state index >= 15 is 0 Å². The van der Waals surface area contributed by atoms with Gasteiger partial charge in [-0.25, -0.2) is 19.6 Å². The number of hydrogen-bond donors (Lipinski definition) is 2. The van der Waals surface area contributed by atoms with Gasteiger partial charge in [-0.2, -0.15) is 10.2 Å². The van der Waals surface area contributed by atoms with Crippen molar-refractivity contribution >= 4 is 27.6 Å². The minimum atomic E-state index is 0.145. The number of likely N-dealkylation sites (tertiary alicyclic amines) is 1. The van der Waals surface area contributed by atoms with Crippen LogP contribution in [0.5, 0.6) is 5.88 Å². The molecule has 1 aliphatic rings. The van der Waals surface area contributed by atoms with Crippen molar-refractivity contribution in [3.63, 3.8) is 0 Å². The van der Waals surface area contributed by atoms with Crippen LogP contribution in [0.25, 0.3) is 33.1 Å². The quantitative estimate of drug-likeness (QED) is 0.361. The number of piperidine rings is 1. The summed E-state index contributed by atoms with van der Waals surface area (Å²) in [6, 6.07) is 8.95. The summed E-state index contributed by atoms with van der Waals surface area (Å²) >= 11 is 0. The van der Waals surface area contributed by atoms with Gasteiger partial charge in [0.15, 0.2) is 5.65 Å². The minimum Gasteiger partial charge on any atom is -0.474 e. The molecule has 0 saturated carbocycles. The summed E-state index contributed by atoms with van der Waals surface area (Å²) in [5.74, 6) is 1.07. The highest BCUT2D eigenvalue weighted by atomic mass is 16.5. The fraction of sp³-hybridized carbons (Fsp3) is 0.370. The SMILES string of the molecule is Cc1cccc2cc(Cn3nc(-c4cn[nH]c4)c4c(N)ncnc43)nc(OC3CCN(C(C)C)CC3)c12. The highest BCUT2D eigenvalue weighted by Crippen LogP contribution is 2.32.